The highest BCUT2D eigenvalue weighted by atomic mass is 19.1. The number of aliphatic hydroxyl groups is 1. The Hall–Kier alpha value is -1.13. The number of ether oxygens (including phenoxy) is 2. The zero-order valence-electron chi connectivity index (χ0n) is 9.41. The van der Waals surface area contributed by atoms with E-state index in [0.717, 1.165) is 6.42 Å². The first-order valence-electron chi connectivity index (χ1n) is 5.37. The van der Waals surface area contributed by atoms with Gasteiger partial charge in [0.2, 0.25) is 0 Å². The maximum atomic E-state index is 13.0. The van der Waals surface area contributed by atoms with Crippen LogP contribution in [0, 0.1) is 5.82 Å². The molecule has 90 valence electrons. The van der Waals surface area contributed by atoms with Gasteiger partial charge < -0.3 is 14.6 Å². The molecule has 3 nitrogen and oxygen atoms in total. The van der Waals surface area contributed by atoms with Gasteiger partial charge in [0.15, 0.2) is 0 Å². The van der Waals surface area contributed by atoms with Crippen molar-refractivity contribution in [2.75, 3.05) is 19.8 Å². The maximum Gasteiger partial charge on any atom is 0.127 e. The van der Waals surface area contributed by atoms with Crippen molar-refractivity contribution in [1.82, 2.24) is 0 Å². The molecule has 0 radical (unpaired) electrons. The maximum absolute atomic E-state index is 13.0. The summed E-state index contributed by atoms with van der Waals surface area (Å²) in [5, 5.41) is 8.89. The number of aliphatic hydroxyl groups excluding tert-OH is 1. The quantitative estimate of drug-likeness (QED) is 0.726. The molecule has 1 aromatic rings. The topological polar surface area (TPSA) is 38.7 Å². The summed E-state index contributed by atoms with van der Waals surface area (Å²) in [6.45, 7) is 3.55. The second-order valence-corrected chi connectivity index (χ2v) is 3.35. The number of hydrogen-bond acceptors (Lipinski definition) is 3. The van der Waals surface area contributed by atoms with E-state index >= 15 is 0 Å². The highest BCUT2D eigenvalue weighted by Gasteiger charge is 2.01. The Kier molecular flexibility index (Phi) is 5.82. The molecule has 0 spiro atoms. The van der Waals surface area contributed by atoms with Crippen LogP contribution in [-0.2, 0) is 11.3 Å². The van der Waals surface area contributed by atoms with Crippen LogP contribution in [0.4, 0.5) is 4.39 Å². The third-order valence-corrected chi connectivity index (χ3v) is 2.02. The molecule has 0 bridgehead atoms. The molecule has 0 saturated heterocycles. The molecule has 0 aliphatic carbocycles. The van der Waals surface area contributed by atoms with Crippen molar-refractivity contribution in [3.8, 4) is 5.75 Å². The van der Waals surface area contributed by atoms with Gasteiger partial charge in [-0.1, -0.05) is 0 Å². The van der Waals surface area contributed by atoms with Gasteiger partial charge in [0.25, 0.3) is 0 Å². The van der Waals surface area contributed by atoms with Crippen LogP contribution in [0.1, 0.15) is 18.9 Å². The van der Waals surface area contributed by atoms with Gasteiger partial charge in [-0.3, -0.25) is 0 Å². The zero-order valence-corrected chi connectivity index (χ0v) is 9.41. The van der Waals surface area contributed by atoms with Gasteiger partial charge in [0, 0.05) is 25.7 Å². The predicted octanol–water partition coefficient (Wildman–Crippen LogP) is 2.12. The summed E-state index contributed by atoms with van der Waals surface area (Å²) in [6, 6.07) is 4.22. The molecule has 0 saturated carbocycles. The molecule has 1 rings (SSSR count). The molecule has 0 fully saturated rings. The van der Waals surface area contributed by atoms with E-state index in [9.17, 15) is 4.39 Å². The van der Waals surface area contributed by atoms with Crippen LogP contribution in [0.2, 0.25) is 0 Å². The SMILES string of the molecule is CCOCCCOc1cc(F)cc(CO)c1. The molecular weight excluding hydrogens is 211 g/mol. The smallest absolute Gasteiger partial charge is 0.127 e. The van der Waals surface area contributed by atoms with Crippen LogP contribution in [0.3, 0.4) is 0 Å². The second-order valence-electron chi connectivity index (χ2n) is 3.35. The summed E-state index contributed by atoms with van der Waals surface area (Å²) in [6.07, 6.45) is 0.763. The standard InChI is InChI=1S/C12H17FO3/c1-2-15-4-3-5-16-12-7-10(9-14)6-11(13)8-12/h6-8,14H,2-5,9H2,1H3. The number of halogens is 1. The van der Waals surface area contributed by atoms with E-state index in [4.69, 9.17) is 14.6 Å². The summed E-state index contributed by atoms with van der Waals surface area (Å²) in [5.41, 5.74) is 0.514. The Balaban J connectivity index is 2.38. The van der Waals surface area contributed by atoms with E-state index in [2.05, 4.69) is 0 Å². The zero-order chi connectivity index (χ0) is 11.8. The van der Waals surface area contributed by atoms with Gasteiger partial charge >= 0.3 is 0 Å². The summed E-state index contributed by atoms with van der Waals surface area (Å²) < 4.78 is 23.5. The van der Waals surface area contributed by atoms with Crippen LogP contribution in [-0.4, -0.2) is 24.9 Å². The third kappa shape index (κ3) is 4.59. The molecule has 0 heterocycles. The van der Waals surface area contributed by atoms with Crippen molar-refractivity contribution >= 4 is 0 Å². The Morgan fingerprint density at radius 1 is 1.25 bits per heavy atom. The highest BCUT2D eigenvalue weighted by Crippen LogP contribution is 2.16. The molecule has 16 heavy (non-hydrogen) atoms. The first kappa shape index (κ1) is 12.9. The van der Waals surface area contributed by atoms with Crippen LogP contribution in [0.5, 0.6) is 5.75 Å². The minimum absolute atomic E-state index is 0.187. The average Bonchev–Trinajstić information content (AvgIpc) is 2.28. The van der Waals surface area contributed by atoms with Crippen molar-refractivity contribution in [3.63, 3.8) is 0 Å². The van der Waals surface area contributed by atoms with Crippen molar-refractivity contribution in [2.24, 2.45) is 0 Å². The van der Waals surface area contributed by atoms with Gasteiger partial charge in [-0.05, 0) is 24.6 Å². The fourth-order valence-electron chi connectivity index (χ4n) is 1.29. The van der Waals surface area contributed by atoms with Gasteiger partial charge in [0.05, 0.1) is 13.2 Å². The van der Waals surface area contributed by atoms with Crippen molar-refractivity contribution < 1.29 is 19.0 Å². The van der Waals surface area contributed by atoms with Gasteiger partial charge in [-0.15, -0.1) is 0 Å². The molecule has 0 unspecified atom stereocenters. The summed E-state index contributed by atoms with van der Waals surface area (Å²) in [7, 11) is 0. The molecule has 4 heteroatoms. The van der Waals surface area contributed by atoms with E-state index in [-0.39, 0.29) is 6.61 Å². The predicted molar refractivity (Wildman–Crippen MR) is 58.9 cm³/mol. The highest BCUT2D eigenvalue weighted by molar-refractivity contribution is 5.29. The minimum Gasteiger partial charge on any atom is -0.493 e. The van der Waals surface area contributed by atoms with E-state index < -0.39 is 5.82 Å². The third-order valence-electron chi connectivity index (χ3n) is 2.02. The Morgan fingerprint density at radius 2 is 2.06 bits per heavy atom. The lowest BCUT2D eigenvalue weighted by Gasteiger charge is -2.07. The van der Waals surface area contributed by atoms with Crippen LogP contribution in [0.25, 0.3) is 0 Å². The lowest BCUT2D eigenvalue weighted by atomic mass is 10.2. The average molecular weight is 228 g/mol. The molecule has 0 aromatic heterocycles. The molecule has 0 atom stereocenters. The largest absolute Gasteiger partial charge is 0.493 e. The number of rotatable bonds is 7. The van der Waals surface area contributed by atoms with Crippen molar-refractivity contribution in [1.29, 1.82) is 0 Å². The van der Waals surface area contributed by atoms with Gasteiger partial charge in [-0.25, -0.2) is 4.39 Å². The number of benzene rings is 1. The van der Waals surface area contributed by atoms with Crippen molar-refractivity contribution in [3.05, 3.63) is 29.6 Å². The lowest BCUT2D eigenvalue weighted by molar-refractivity contribution is 0.130. The minimum atomic E-state index is -0.397. The fraction of sp³-hybridized carbons (Fsp3) is 0.500. The molecule has 1 aromatic carbocycles. The second kappa shape index (κ2) is 7.19. The first-order chi connectivity index (χ1) is 7.76. The first-order valence-corrected chi connectivity index (χ1v) is 5.37. The molecule has 0 aliphatic rings. The van der Waals surface area contributed by atoms with Crippen molar-refractivity contribution in [2.45, 2.75) is 20.0 Å². The van der Waals surface area contributed by atoms with E-state index in [1.165, 1.54) is 12.1 Å². The molecule has 0 aliphatic heterocycles. The summed E-state index contributed by atoms with van der Waals surface area (Å²) in [5.74, 6) is 0.0481. The Labute approximate surface area is 94.8 Å². The molecule has 1 N–H and O–H groups in total. The Morgan fingerprint density at radius 3 is 2.75 bits per heavy atom. The van der Waals surface area contributed by atoms with Gasteiger partial charge in [-0.2, -0.15) is 0 Å². The van der Waals surface area contributed by atoms with E-state index in [1.807, 2.05) is 6.92 Å². The fourth-order valence-corrected chi connectivity index (χ4v) is 1.29. The normalized spacial score (nSPS) is 10.4. The van der Waals surface area contributed by atoms with Gasteiger partial charge in [0.1, 0.15) is 11.6 Å². The van der Waals surface area contributed by atoms with Crippen LogP contribution in [0.15, 0.2) is 18.2 Å². The summed E-state index contributed by atoms with van der Waals surface area (Å²) in [4.78, 5) is 0. The van der Waals surface area contributed by atoms with Crippen LogP contribution < -0.4 is 4.74 Å². The van der Waals surface area contributed by atoms with E-state index in [1.54, 1.807) is 6.07 Å². The summed E-state index contributed by atoms with van der Waals surface area (Å²) >= 11 is 0. The Bertz CT molecular complexity index is 315. The monoisotopic (exact) mass is 228 g/mol. The lowest BCUT2D eigenvalue weighted by Crippen LogP contribution is -2.03. The van der Waals surface area contributed by atoms with Crippen LogP contribution >= 0.6 is 0 Å². The number of hydrogen-bond donors (Lipinski definition) is 1. The molecule has 0 amide bonds. The molecular formula is C12H17FO3. The van der Waals surface area contributed by atoms with E-state index in [0.29, 0.717) is 31.1 Å².